The molecule has 7 nitrogen and oxygen atoms in total. The van der Waals surface area contributed by atoms with Crippen molar-refractivity contribution in [2.24, 2.45) is 0 Å². The zero-order chi connectivity index (χ0) is 19.1. The maximum Gasteiger partial charge on any atom is 0.321 e. The molecule has 0 spiro atoms. The average molecular weight is 375 g/mol. The molecule has 0 aromatic heterocycles. The van der Waals surface area contributed by atoms with Crippen molar-refractivity contribution in [3.63, 3.8) is 0 Å². The summed E-state index contributed by atoms with van der Waals surface area (Å²) < 4.78 is 5.20. The van der Waals surface area contributed by atoms with Gasteiger partial charge in [-0.05, 0) is 37.1 Å². The van der Waals surface area contributed by atoms with Crippen LogP contribution in [0.3, 0.4) is 0 Å². The highest BCUT2D eigenvalue weighted by molar-refractivity contribution is 5.94. The molecule has 3 rings (SSSR count). The van der Waals surface area contributed by atoms with Gasteiger partial charge in [-0.25, -0.2) is 4.79 Å². The van der Waals surface area contributed by atoms with Crippen LogP contribution in [-0.4, -0.2) is 57.8 Å². The summed E-state index contributed by atoms with van der Waals surface area (Å²) in [7, 11) is 1.66. The van der Waals surface area contributed by atoms with Crippen molar-refractivity contribution < 1.29 is 19.2 Å². The molecule has 3 N–H and O–H groups in total. The lowest BCUT2D eigenvalue weighted by Gasteiger charge is -2.33. The van der Waals surface area contributed by atoms with Gasteiger partial charge in [0.1, 0.15) is 5.75 Å². The molecule has 148 valence electrons. The van der Waals surface area contributed by atoms with E-state index >= 15 is 0 Å². The number of nitrogens with one attached hydrogen (secondary N) is 3. The quantitative estimate of drug-likeness (QED) is 0.703. The summed E-state index contributed by atoms with van der Waals surface area (Å²) in [5, 5.41) is 5.42. The summed E-state index contributed by atoms with van der Waals surface area (Å²) in [5.41, 5.74) is 1.17. The summed E-state index contributed by atoms with van der Waals surface area (Å²) >= 11 is 0. The number of carbonyl (C=O) groups excluding carboxylic acids is 2. The smallest absolute Gasteiger partial charge is 0.321 e. The lowest BCUT2D eigenvalue weighted by molar-refractivity contribution is -0.892. The molecule has 1 saturated carbocycles. The number of anilines is 1. The van der Waals surface area contributed by atoms with Crippen molar-refractivity contribution >= 4 is 17.6 Å². The monoisotopic (exact) mass is 375 g/mol. The Balaban J connectivity index is 1.37. The first-order valence-corrected chi connectivity index (χ1v) is 9.97. The maximum absolute atomic E-state index is 12.2. The van der Waals surface area contributed by atoms with Gasteiger partial charge in [-0.15, -0.1) is 0 Å². The third kappa shape index (κ3) is 5.85. The van der Waals surface area contributed by atoms with E-state index in [-0.39, 0.29) is 18.0 Å². The molecule has 2 aliphatic rings. The van der Waals surface area contributed by atoms with Gasteiger partial charge in [0.15, 0.2) is 6.54 Å². The first kappa shape index (κ1) is 19.5. The third-order valence-corrected chi connectivity index (χ3v) is 5.51. The Bertz CT molecular complexity index is 621. The summed E-state index contributed by atoms with van der Waals surface area (Å²) in [4.78, 5) is 27.7. The highest BCUT2D eigenvalue weighted by atomic mass is 16.5. The van der Waals surface area contributed by atoms with Gasteiger partial charge >= 0.3 is 6.03 Å². The summed E-state index contributed by atoms with van der Waals surface area (Å²) in [5.74, 6) is 0.655. The Kier molecular flexibility index (Phi) is 6.92. The van der Waals surface area contributed by atoms with Gasteiger partial charge in [0.05, 0.1) is 33.3 Å². The minimum Gasteiger partial charge on any atom is -0.497 e. The standard InChI is InChI=1S/C20H30N4O3/c1-27-18-9-7-17(8-10-18)24-13-11-23(12-14-24)15-19(25)22-20(26)21-16-5-3-2-4-6-16/h7-10,16H,2-6,11-15H2,1H3,(H2,21,22,25,26)/p+1. The molecular weight excluding hydrogens is 344 g/mol. The minimum absolute atomic E-state index is 0.198. The van der Waals surface area contributed by atoms with Crippen molar-refractivity contribution in [3.8, 4) is 5.75 Å². The summed E-state index contributed by atoms with van der Waals surface area (Å²) in [6.45, 7) is 3.88. The van der Waals surface area contributed by atoms with Crippen LogP contribution in [0.4, 0.5) is 10.5 Å². The number of carbonyl (C=O) groups is 2. The molecule has 27 heavy (non-hydrogen) atoms. The van der Waals surface area contributed by atoms with Crippen LogP contribution in [0.15, 0.2) is 24.3 Å². The Morgan fingerprint density at radius 1 is 1.11 bits per heavy atom. The fourth-order valence-corrected chi connectivity index (χ4v) is 3.92. The fraction of sp³-hybridized carbons (Fsp3) is 0.600. The number of nitrogens with zero attached hydrogens (tertiary/aromatic N) is 1. The SMILES string of the molecule is COc1ccc(N2CC[NH+](CC(=O)NC(=O)NC3CCCCC3)CC2)cc1. The van der Waals surface area contributed by atoms with Gasteiger partial charge in [0.2, 0.25) is 0 Å². The van der Waals surface area contributed by atoms with Crippen LogP contribution in [0.2, 0.25) is 0 Å². The van der Waals surface area contributed by atoms with Gasteiger partial charge in [-0.2, -0.15) is 0 Å². The van der Waals surface area contributed by atoms with Crippen molar-refractivity contribution in [1.82, 2.24) is 10.6 Å². The first-order valence-electron chi connectivity index (χ1n) is 9.97. The molecule has 1 aromatic carbocycles. The number of rotatable bonds is 5. The van der Waals surface area contributed by atoms with Crippen LogP contribution in [0.5, 0.6) is 5.75 Å². The molecule has 0 unspecified atom stereocenters. The van der Waals surface area contributed by atoms with E-state index in [9.17, 15) is 9.59 Å². The predicted molar refractivity (Wildman–Crippen MR) is 104 cm³/mol. The number of amides is 3. The highest BCUT2D eigenvalue weighted by Gasteiger charge is 2.24. The van der Waals surface area contributed by atoms with E-state index in [4.69, 9.17) is 4.74 Å². The number of benzene rings is 1. The van der Waals surface area contributed by atoms with Crippen LogP contribution in [-0.2, 0) is 4.79 Å². The van der Waals surface area contributed by atoms with Crippen LogP contribution in [0, 0.1) is 0 Å². The van der Waals surface area contributed by atoms with Crippen LogP contribution in [0.1, 0.15) is 32.1 Å². The molecule has 1 aliphatic heterocycles. The first-order chi connectivity index (χ1) is 13.1. The van der Waals surface area contributed by atoms with Gasteiger partial charge in [0, 0.05) is 11.7 Å². The molecule has 1 saturated heterocycles. The number of ether oxygens (including phenoxy) is 1. The van der Waals surface area contributed by atoms with Crippen molar-refractivity contribution in [2.75, 3.05) is 44.7 Å². The van der Waals surface area contributed by atoms with E-state index in [0.29, 0.717) is 6.54 Å². The zero-order valence-corrected chi connectivity index (χ0v) is 16.1. The van der Waals surface area contributed by atoms with E-state index < -0.39 is 0 Å². The van der Waals surface area contributed by atoms with Crippen molar-refractivity contribution in [2.45, 2.75) is 38.1 Å². The van der Waals surface area contributed by atoms with Crippen LogP contribution >= 0.6 is 0 Å². The van der Waals surface area contributed by atoms with Crippen LogP contribution in [0.25, 0.3) is 0 Å². The summed E-state index contributed by atoms with van der Waals surface area (Å²) in [6.07, 6.45) is 5.58. The molecule has 0 atom stereocenters. The largest absolute Gasteiger partial charge is 0.497 e. The molecule has 0 bridgehead atoms. The maximum atomic E-state index is 12.2. The molecule has 1 aliphatic carbocycles. The van der Waals surface area contributed by atoms with E-state index in [2.05, 4.69) is 27.7 Å². The molecular formula is C20H31N4O3+. The second-order valence-corrected chi connectivity index (χ2v) is 7.47. The second-order valence-electron chi connectivity index (χ2n) is 7.47. The Hall–Kier alpha value is -2.28. The number of imide groups is 1. The number of quaternary nitrogens is 1. The van der Waals surface area contributed by atoms with Gasteiger partial charge in [-0.3, -0.25) is 10.1 Å². The molecule has 7 heteroatoms. The number of hydrogen-bond acceptors (Lipinski definition) is 4. The molecule has 2 fully saturated rings. The molecule has 1 heterocycles. The van der Waals surface area contributed by atoms with E-state index in [1.54, 1.807) is 7.11 Å². The fourth-order valence-electron chi connectivity index (χ4n) is 3.92. The zero-order valence-electron chi connectivity index (χ0n) is 16.1. The Morgan fingerprint density at radius 3 is 2.41 bits per heavy atom. The van der Waals surface area contributed by atoms with Gasteiger partial charge in [0.25, 0.3) is 5.91 Å². The second kappa shape index (κ2) is 9.60. The Morgan fingerprint density at radius 2 is 1.78 bits per heavy atom. The number of urea groups is 1. The topological polar surface area (TPSA) is 75.1 Å². The highest BCUT2D eigenvalue weighted by Crippen LogP contribution is 2.19. The lowest BCUT2D eigenvalue weighted by Crippen LogP contribution is -3.16. The van der Waals surface area contributed by atoms with E-state index in [1.807, 2.05) is 12.1 Å². The lowest BCUT2D eigenvalue weighted by atomic mass is 9.96. The normalized spacial score (nSPS) is 18.8. The average Bonchev–Trinajstić information content (AvgIpc) is 2.69. The van der Waals surface area contributed by atoms with E-state index in [1.165, 1.54) is 17.0 Å². The molecule has 0 radical (unpaired) electrons. The third-order valence-electron chi connectivity index (χ3n) is 5.51. The predicted octanol–water partition coefficient (Wildman–Crippen LogP) is 0.559. The van der Waals surface area contributed by atoms with Crippen LogP contribution < -0.4 is 25.2 Å². The van der Waals surface area contributed by atoms with Crippen molar-refractivity contribution in [3.05, 3.63) is 24.3 Å². The number of methoxy groups -OCH3 is 1. The van der Waals surface area contributed by atoms with Gasteiger partial charge in [-0.1, -0.05) is 19.3 Å². The Labute approximate surface area is 161 Å². The van der Waals surface area contributed by atoms with E-state index in [0.717, 1.165) is 57.6 Å². The molecule has 3 amide bonds. The number of hydrogen-bond donors (Lipinski definition) is 3. The molecule has 1 aromatic rings. The van der Waals surface area contributed by atoms with Crippen molar-refractivity contribution in [1.29, 1.82) is 0 Å². The summed E-state index contributed by atoms with van der Waals surface area (Å²) in [6, 6.07) is 7.92. The number of piperazine rings is 1. The minimum atomic E-state index is -0.344. The van der Waals surface area contributed by atoms with Gasteiger partial charge < -0.3 is 19.9 Å².